The summed E-state index contributed by atoms with van der Waals surface area (Å²) in [7, 11) is 0. The van der Waals surface area contributed by atoms with E-state index in [1.165, 1.54) is 70.2 Å². The molecule has 360 valence electrons. The molecule has 7 aromatic carbocycles. The summed E-state index contributed by atoms with van der Waals surface area (Å²) >= 11 is 0. The van der Waals surface area contributed by atoms with Gasteiger partial charge in [0.15, 0.2) is 0 Å². The number of rotatable bonds is 9. The molecule has 0 amide bonds. The standard InChI is InChI=1S/C66H45N3O6/c70-64(73-49-34-43-25-28-55-52(40-13-4-1-5-14-40)19-10-22-58(55)61(43)67-37-49)46-31-47(65(71)74-50-35-44-26-29-56-53(41-15-6-2-7-16-41)20-11-23-59(56)62(44)68-38-50)33-48(32-46)66(72)75-51-36-45-27-30-57-54(42-17-8-3-9-18-42)21-12-24-60(57)63(45)69-39-51/h1-24,31-39H,25-30H2. The highest BCUT2D eigenvalue weighted by Gasteiger charge is 2.27. The lowest BCUT2D eigenvalue weighted by Gasteiger charge is -2.22. The maximum absolute atomic E-state index is 14.2. The normalized spacial score (nSPS) is 12.6. The highest BCUT2D eigenvalue weighted by Crippen LogP contribution is 2.42. The quantitative estimate of drug-likeness (QED) is 0.130. The van der Waals surface area contributed by atoms with Gasteiger partial charge in [-0.15, -0.1) is 0 Å². The van der Waals surface area contributed by atoms with E-state index in [2.05, 4.69) is 72.8 Å². The Morgan fingerprint density at radius 3 is 0.880 bits per heavy atom. The topological polar surface area (TPSA) is 118 Å². The molecule has 0 aliphatic heterocycles. The van der Waals surface area contributed by atoms with E-state index >= 15 is 0 Å². The van der Waals surface area contributed by atoms with Crippen molar-refractivity contribution in [3.63, 3.8) is 0 Å². The molecular weight excluding hydrogens is 931 g/mol. The largest absolute Gasteiger partial charge is 0.421 e. The van der Waals surface area contributed by atoms with Crippen LogP contribution >= 0.6 is 0 Å². The van der Waals surface area contributed by atoms with Gasteiger partial charge < -0.3 is 14.2 Å². The molecule has 0 fully saturated rings. The summed E-state index contributed by atoms with van der Waals surface area (Å²) in [6.45, 7) is 0. The summed E-state index contributed by atoms with van der Waals surface area (Å²) in [5.74, 6) is -1.70. The molecule has 0 bridgehead atoms. The zero-order valence-corrected chi connectivity index (χ0v) is 40.6. The van der Waals surface area contributed by atoms with Crippen LogP contribution in [0.1, 0.15) is 64.5 Å². The Morgan fingerprint density at radius 2 is 0.587 bits per heavy atom. The molecule has 10 aromatic rings. The Hall–Kier alpha value is -9.60. The number of benzene rings is 7. The van der Waals surface area contributed by atoms with Crippen LogP contribution in [0.15, 0.2) is 201 Å². The third-order valence-electron chi connectivity index (χ3n) is 14.6. The maximum atomic E-state index is 14.2. The Balaban J connectivity index is 0.794. The molecule has 0 atom stereocenters. The highest BCUT2D eigenvalue weighted by atomic mass is 16.5. The van der Waals surface area contributed by atoms with Crippen molar-refractivity contribution in [1.82, 2.24) is 15.0 Å². The fourth-order valence-corrected chi connectivity index (χ4v) is 11.1. The number of aromatic nitrogens is 3. The number of carbonyl (C=O) groups excluding carboxylic acids is 3. The number of ether oxygens (including phenoxy) is 3. The molecule has 3 aliphatic rings. The molecule has 9 nitrogen and oxygen atoms in total. The minimum absolute atomic E-state index is 0.0595. The van der Waals surface area contributed by atoms with E-state index in [4.69, 9.17) is 29.2 Å². The number of aryl methyl sites for hydroxylation is 3. The average molecular weight is 976 g/mol. The summed E-state index contributed by atoms with van der Waals surface area (Å²) in [6, 6.07) is 59.2. The molecule has 3 aromatic heterocycles. The third kappa shape index (κ3) is 8.64. The molecule has 0 spiro atoms. The molecule has 0 saturated carbocycles. The molecule has 0 saturated heterocycles. The van der Waals surface area contributed by atoms with Gasteiger partial charge in [0.1, 0.15) is 17.2 Å². The van der Waals surface area contributed by atoms with Crippen molar-refractivity contribution in [2.24, 2.45) is 0 Å². The molecule has 13 rings (SSSR count). The van der Waals surface area contributed by atoms with Crippen LogP contribution in [0, 0.1) is 0 Å². The van der Waals surface area contributed by atoms with Crippen molar-refractivity contribution >= 4 is 17.9 Å². The van der Waals surface area contributed by atoms with Crippen LogP contribution in [0.2, 0.25) is 0 Å². The minimum atomic E-state index is -0.795. The second kappa shape index (κ2) is 19.1. The Labute approximate surface area is 433 Å². The lowest BCUT2D eigenvalue weighted by molar-refractivity contribution is 0.0734. The number of fused-ring (bicyclic) bond motifs is 9. The minimum Gasteiger partial charge on any atom is -0.421 e. The molecule has 75 heavy (non-hydrogen) atoms. The number of nitrogens with zero attached hydrogens (tertiary/aromatic N) is 3. The number of hydrogen-bond acceptors (Lipinski definition) is 9. The third-order valence-corrected chi connectivity index (χ3v) is 14.6. The first kappa shape index (κ1) is 45.3. The zero-order valence-electron chi connectivity index (χ0n) is 40.6. The fraction of sp³-hybridized carbons (Fsp3) is 0.0909. The van der Waals surface area contributed by atoms with Gasteiger partial charge in [0.05, 0.1) is 52.4 Å². The number of hydrogen-bond donors (Lipinski definition) is 0. The van der Waals surface area contributed by atoms with Gasteiger partial charge >= 0.3 is 17.9 Å². The lowest BCUT2D eigenvalue weighted by Crippen LogP contribution is -2.17. The molecule has 3 heterocycles. The van der Waals surface area contributed by atoms with Crippen molar-refractivity contribution in [2.45, 2.75) is 38.5 Å². The van der Waals surface area contributed by atoms with Gasteiger partial charge in [-0.2, -0.15) is 0 Å². The number of carbonyl (C=O) groups is 3. The monoisotopic (exact) mass is 975 g/mol. The van der Waals surface area contributed by atoms with Gasteiger partial charge in [-0.25, -0.2) is 14.4 Å². The maximum Gasteiger partial charge on any atom is 0.343 e. The molecular formula is C66H45N3O6. The smallest absolute Gasteiger partial charge is 0.343 e. The van der Waals surface area contributed by atoms with E-state index in [9.17, 15) is 14.4 Å². The summed E-state index contributed by atoms with van der Waals surface area (Å²) in [6.07, 6.45) is 9.02. The second-order valence-electron chi connectivity index (χ2n) is 19.1. The van der Waals surface area contributed by atoms with Gasteiger partial charge in [-0.3, -0.25) is 15.0 Å². The molecule has 0 radical (unpaired) electrons. The van der Waals surface area contributed by atoms with Crippen LogP contribution in [0.3, 0.4) is 0 Å². The van der Waals surface area contributed by atoms with Crippen LogP contribution in [0.4, 0.5) is 0 Å². The Bertz CT molecular complexity index is 3510. The first-order valence-electron chi connectivity index (χ1n) is 25.2. The van der Waals surface area contributed by atoms with Gasteiger partial charge in [-0.1, -0.05) is 146 Å². The molecule has 0 N–H and O–H groups in total. The Morgan fingerprint density at radius 1 is 0.307 bits per heavy atom. The number of pyridine rings is 3. The van der Waals surface area contributed by atoms with Crippen LogP contribution in [0.5, 0.6) is 17.2 Å². The average Bonchev–Trinajstić information content (AvgIpc) is 3.46. The van der Waals surface area contributed by atoms with Gasteiger partial charge in [-0.05, 0) is 142 Å². The summed E-state index contributed by atoms with van der Waals surface area (Å²) < 4.78 is 17.9. The van der Waals surface area contributed by atoms with Crippen molar-refractivity contribution < 1.29 is 28.6 Å². The summed E-state index contributed by atoms with van der Waals surface area (Å²) in [4.78, 5) is 57.1. The van der Waals surface area contributed by atoms with Crippen LogP contribution < -0.4 is 14.2 Å². The van der Waals surface area contributed by atoms with E-state index in [0.717, 1.165) is 86.4 Å². The van der Waals surface area contributed by atoms with Crippen molar-refractivity contribution in [3.05, 3.63) is 251 Å². The van der Waals surface area contributed by atoms with E-state index in [0.29, 0.717) is 19.3 Å². The van der Waals surface area contributed by atoms with Gasteiger partial charge in [0.2, 0.25) is 0 Å². The van der Waals surface area contributed by atoms with Crippen molar-refractivity contribution in [3.8, 4) is 84.4 Å². The van der Waals surface area contributed by atoms with E-state index in [1.54, 1.807) is 0 Å². The van der Waals surface area contributed by atoms with Gasteiger partial charge in [0.25, 0.3) is 0 Å². The predicted molar refractivity (Wildman–Crippen MR) is 289 cm³/mol. The SMILES string of the molecule is O=C(Oc1cnc2c(c1)CCc1c(-c3ccccc3)cccc1-2)c1cc(C(=O)Oc2cnc3c(c2)CCc2c(-c4ccccc4)cccc2-3)cc(C(=O)Oc2cnc3c(c2)CCc2c(-c4ccccc4)cccc2-3)c1. The predicted octanol–water partition coefficient (Wildman–Crippen LogP) is 13.8. The van der Waals surface area contributed by atoms with Gasteiger partial charge in [0, 0.05) is 16.7 Å². The van der Waals surface area contributed by atoms with E-state index < -0.39 is 17.9 Å². The molecule has 0 unspecified atom stereocenters. The summed E-state index contributed by atoms with van der Waals surface area (Å²) in [5, 5.41) is 0. The number of esters is 3. The molecule has 3 aliphatic carbocycles. The fourth-order valence-electron chi connectivity index (χ4n) is 11.1. The second-order valence-corrected chi connectivity index (χ2v) is 19.1. The van der Waals surface area contributed by atoms with Crippen LogP contribution in [-0.2, 0) is 38.5 Å². The van der Waals surface area contributed by atoms with Crippen molar-refractivity contribution in [2.75, 3.05) is 0 Å². The highest BCUT2D eigenvalue weighted by molar-refractivity contribution is 6.02. The van der Waals surface area contributed by atoms with E-state index in [1.807, 2.05) is 91.0 Å². The van der Waals surface area contributed by atoms with Crippen LogP contribution in [-0.4, -0.2) is 32.9 Å². The Kier molecular flexibility index (Phi) is 11.5. The zero-order chi connectivity index (χ0) is 50.4. The first-order chi connectivity index (χ1) is 36.9. The molecule has 9 heteroatoms. The van der Waals surface area contributed by atoms with Crippen molar-refractivity contribution in [1.29, 1.82) is 0 Å². The van der Waals surface area contributed by atoms with Crippen LogP contribution in [0.25, 0.3) is 67.2 Å². The first-order valence-corrected chi connectivity index (χ1v) is 25.2. The summed E-state index contributed by atoms with van der Waals surface area (Å²) in [5.41, 5.74) is 18.9. The lowest BCUT2D eigenvalue weighted by atomic mass is 9.84. The van der Waals surface area contributed by atoms with E-state index in [-0.39, 0.29) is 33.9 Å².